The van der Waals surface area contributed by atoms with E-state index in [1.807, 2.05) is 13.0 Å². The first-order valence-corrected chi connectivity index (χ1v) is 5.48. The molecule has 0 aliphatic heterocycles. The Labute approximate surface area is 94.2 Å². The van der Waals surface area contributed by atoms with Crippen LogP contribution in [-0.4, -0.2) is 11.8 Å². The number of benzene rings is 1. The molecular formula is C12H13ClO2. The van der Waals surface area contributed by atoms with Gasteiger partial charge in [-0.05, 0) is 55.0 Å². The molecule has 3 heteroatoms. The normalized spacial score (nSPS) is 15.1. The third-order valence-electron chi connectivity index (χ3n) is 2.59. The summed E-state index contributed by atoms with van der Waals surface area (Å²) in [6.45, 7) is 2.71. The number of hydrogen-bond acceptors (Lipinski definition) is 2. The molecule has 0 atom stereocenters. The maximum Gasteiger partial charge on any atom is 0.252 e. The summed E-state index contributed by atoms with van der Waals surface area (Å²) in [6, 6.07) is 5.29. The molecule has 0 saturated heterocycles. The number of aryl methyl sites for hydroxylation is 1. The van der Waals surface area contributed by atoms with Crippen molar-refractivity contribution in [3.05, 3.63) is 29.3 Å². The van der Waals surface area contributed by atoms with E-state index in [1.54, 1.807) is 12.1 Å². The van der Waals surface area contributed by atoms with Gasteiger partial charge in [-0.15, -0.1) is 0 Å². The van der Waals surface area contributed by atoms with Crippen molar-refractivity contribution >= 4 is 16.8 Å². The van der Waals surface area contributed by atoms with Gasteiger partial charge >= 0.3 is 0 Å². The van der Waals surface area contributed by atoms with Crippen molar-refractivity contribution in [1.29, 1.82) is 0 Å². The van der Waals surface area contributed by atoms with Crippen molar-refractivity contribution < 1.29 is 9.53 Å². The molecule has 0 radical (unpaired) electrons. The lowest BCUT2D eigenvalue weighted by molar-refractivity contribution is 0.108. The lowest BCUT2D eigenvalue weighted by Crippen LogP contribution is -2.01. The van der Waals surface area contributed by atoms with Gasteiger partial charge in [-0.2, -0.15) is 0 Å². The van der Waals surface area contributed by atoms with Crippen molar-refractivity contribution in [1.82, 2.24) is 0 Å². The van der Waals surface area contributed by atoms with Crippen LogP contribution in [0.25, 0.3) is 0 Å². The highest BCUT2D eigenvalue weighted by molar-refractivity contribution is 6.67. The SMILES string of the molecule is Cc1ccc(C(=O)Cl)cc1OCC1CC1. The molecular weight excluding hydrogens is 212 g/mol. The minimum atomic E-state index is -0.439. The molecule has 0 N–H and O–H groups in total. The summed E-state index contributed by atoms with van der Waals surface area (Å²) >= 11 is 5.41. The Kier molecular flexibility index (Phi) is 2.96. The fourth-order valence-electron chi connectivity index (χ4n) is 1.37. The van der Waals surface area contributed by atoms with Gasteiger partial charge in [0, 0.05) is 5.56 Å². The van der Waals surface area contributed by atoms with E-state index in [0.29, 0.717) is 11.5 Å². The van der Waals surface area contributed by atoms with E-state index in [2.05, 4.69) is 0 Å². The summed E-state index contributed by atoms with van der Waals surface area (Å²) in [5, 5.41) is -0.439. The van der Waals surface area contributed by atoms with E-state index in [0.717, 1.165) is 17.9 Å². The second kappa shape index (κ2) is 4.23. The smallest absolute Gasteiger partial charge is 0.252 e. The summed E-state index contributed by atoms with van der Waals surface area (Å²) in [5.41, 5.74) is 1.53. The van der Waals surface area contributed by atoms with Gasteiger partial charge < -0.3 is 4.74 Å². The third-order valence-corrected chi connectivity index (χ3v) is 2.80. The number of ether oxygens (including phenoxy) is 1. The van der Waals surface area contributed by atoms with Gasteiger partial charge in [-0.25, -0.2) is 0 Å². The van der Waals surface area contributed by atoms with Crippen LogP contribution >= 0.6 is 11.6 Å². The summed E-state index contributed by atoms with van der Waals surface area (Å²) < 4.78 is 5.64. The van der Waals surface area contributed by atoms with Crippen LogP contribution in [0.3, 0.4) is 0 Å². The molecule has 0 heterocycles. The van der Waals surface area contributed by atoms with Gasteiger partial charge in [0.2, 0.25) is 0 Å². The molecule has 1 saturated carbocycles. The molecule has 0 bridgehead atoms. The van der Waals surface area contributed by atoms with E-state index in [1.165, 1.54) is 12.8 Å². The molecule has 0 amide bonds. The summed E-state index contributed by atoms with van der Waals surface area (Å²) in [4.78, 5) is 11.0. The van der Waals surface area contributed by atoms with E-state index in [4.69, 9.17) is 16.3 Å². The standard InChI is InChI=1S/C12H13ClO2/c1-8-2-5-10(12(13)14)6-11(8)15-7-9-3-4-9/h2,5-6,9H,3-4,7H2,1H3. The Morgan fingerprint density at radius 2 is 2.27 bits per heavy atom. The second-order valence-electron chi connectivity index (χ2n) is 4.01. The Morgan fingerprint density at radius 1 is 1.53 bits per heavy atom. The zero-order chi connectivity index (χ0) is 10.8. The van der Waals surface area contributed by atoms with Gasteiger partial charge in [-0.3, -0.25) is 4.79 Å². The Morgan fingerprint density at radius 3 is 2.87 bits per heavy atom. The van der Waals surface area contributed by atoms with Gasteiger partial charge in [0.15, 0.2) is 0 Å². The van der Waals surface area contributed by atoms with E-state index >= 15 is 0 Å². The molecule has 80 valence electrons. The summed E-state index contributed by atoms with van der Waals surface area (Å²) in [7, 11) is 0. The summed E-state index contributed by atoms with van der Waals surface area (Å²) in [6.07, 6.45) is 2.51. The van der Waals surface area contributed by atoms with Crippen LogP contribution < -0.4 is 4.74 Å². The molecule has 1 aliphatic rings. The maximum atomic E-state index is 11.0. The van der Waals surface area contributed by atoms with Gasteiger partial charge in [0.1, 0.15) is 5.75 Å². The summed E-state index contributed by atoms with van der Waals surface area (Å²) in [5.74, 6) is 1.48. The first-order chi connectivity index (χ1) is 7.16. The molecule has 2 rings (SSSR count). The lowest BCUT2D eigenvalue weighted by Gasteiger charge is -2.09. The van der Waals surface area contributed by atoms with Crippen LogP contribution in [0, 0.1) is 12.8 Å². The molecule has 1 fully saturated rings. The maximum absolute atomic E-state index is 11.0. The molecule has 0 aromatic heterocycles. The van der Waals surface area contributed by atoms with Crippen LogP contribution in [-0.2, 0) is 0 Å². The molecule has 1 aromatic rings. The fourth-order valence-corrected chi connectivity index (χ4v) is 1.49. The molecule has 2 nitrogen and oxygen atoms in total. The largest absolute Gasteiger partial charge is 0.493 e. The second-order valence-corrected chi connectivity index (χ2v) is 4.35. The quantitative estimate of drug-likeness (QED) is 0.735. The Hall–Kier alpha value is -1.02. The van der Waals surface area contributed by atoms with Crippen LogP contribution in [0.15, 0.2) is 18.2 Å². The highest BCUT2D eigenvalue weighted by atomic mass is 35.5. The Bertz CT molecular complexity index is 383. The highest BCUT2D eigenvalue weighted by Gasteiger charge is 2.22. The van der Waals surface area contributed by atoms with Crippen LogP contribution in [0.1, 0.15) is 28.8 Å². The van der Waals surface area contributed by atoms with Crippen LogP contribution in [0.4, 0.5) is 0 Å². The topological polar surface area (TPSA) is 26.3 Å². The average molecular weight is 225 g/mol. The predicted octanol–water partition coefficient (Wildman–Crippen LogP) is 3.16. The van der Waals surface area contributed by atoms with E-state index in [-0.39, 0.29) is 0 Å². The number of rotatable bonds is 4. The van der Waals surface area contributed by atoms with Crippen molar-refractivity contribution in [2.75, 3.05) is 6.61 Å². The van der Waals surface area contributed by atoms with Gasteiger partial charge in [0.25, 0.3) is 5.24 Å². The zero-order valence-corrected chi connectivity index (χ0v) is 9.38. The molecule has 1 aromatic carbocycles. The number of hydrogen-bond donors (Lipinski definition) is 0. The number of carbonyl (C=O) groups is 1. The first kappa shape index (κ1) is 10.5. The monoisotopic (exact) mass is 224 g/mol. The lowest BCUT2D eigenvalue weighted by atomic mass is 10.1. The zero-order valence-electron chi connectivity index (χ0n) is 8.63. The third kappa shape index (κ3) is 2.72. The van der Waals surface area contributed by atoms with Crippen LogP contribution in [0.5, 0.6) is 5.75 Å². The van der Waals surface area contributed by atoms with E-state index < -0.39 is 5.24 Å². The van der Waals surface area contributed by atoms with Crippen LogP contribution in [0.2, 0.25) is 0 Å². The minimum Gasteiger partial charge on any atom is -0.493 e. The molecule has 0 spiro atoms. The van der Waals surface area contributed by atoms with Crippen molar-refractivity contribution in [2.24, 2.45) is 5.92 Å². The first-order valence-electron chi connectivity index (χ1n) is 5.10. The predicted molar refractivity (Wildman–Crippen MR) is 59.6 cm³/mol. The molecule has 0 unspecified atom stereocenters. The fraction of sp³-hybridized carbons (Fsp3) is 0.417. The van der Waals surface area contributed by atoms with Gasteiger partial charge in [0.05, 0.1) is 6.61 Å². The molecule has 15 heavy (non-hydrogen) atoms. The van der Waals surface area contributed by atoms with Crippen molar-refractivity contribution in [3.8, 4) is 5.75 Å². The molecule has 1 aliphatic carbocycles. The number of halogens is 1. The highest BCUT2D eigenvalue weighted by Crippen LogP contribution is 2.30. The van der Waals surface area contributed by atoms with Crippen molar-refractivity contribution in [2.45, 2.75) is 19.8 Å². The van der Waals surface area contributed by atoms with E-state index in [9.17, 15) is 4.79 Å². The van der Waals surface area contributed by atoms with Gasteiger partial charge in [-0.1, -0.05) is 6.07 Å². The Balaban J connectivity index is 2.12. The number of carbonyl (C=O) groups excluding carboxylic acids is 1. The minimum absolute atomic E-state index is 0.439. The average Bonchev–Trinajstić information content (AvgIpc) is 3.00. The van der Waals surface area contributed by atoms with Crippen molar-refractivity contribution in [3.63, 3.8) is 0 Å².